The summed E-state index contributed by atoms with van der Waals surface area (Å²) in [5.41, 5.74) is 1.75. The molecule has 1 heterocycles. The minimum absolute atomic E-state index is 0.0271. The van der Waals surface area contributed by atoms with Crippen molar-refractivity contribution in [3.05, 3.63) is 53.6 Å². The van der Waals surface area contributed by atoms with Crippen LogP contribution >= 0.6 is 11.6 Å². The van der Waals surface area contributed by atoms with E-state index >= 15 is 0 Å². The van der Waals surface area contributed by atoms with E-state index in [2.05, 4.69) is 15.1 Å². The average Bonchev–Trinajstić information content (AvgIpc) is 2.68. The second-order valence-corrected chi connectivity index (χ2v) is 6.75. The third kappa shape index (κ3) is 4.11. The summed E-state index contributed by atoms with van der Waals surface area (Å²) in [7, 11) is 1.60. The number of hydrogen-bond donors (Lipinski definition) is 1. The second kappa shape index (κ2) is 8.43. The van der Waals surface area contributed by atoms with Crippen LogP contribution in [0.2, 0.25) is 5.02 Å². The highest BCUT2D eigenvalue weighted by atomic mass is 35.5. The number of ether oxygens (including phenoxy) is 1. The van der Waals surface area contributed by atoms with Gasteiger partial charge in [-0.15, -0.1) is 0 Å². The molecule has 1 amide bonds. The molecule has 1 saturated heterocycles. The lowest BCUT2D eigenvalue weighted by atomic mass is 10.2. The highest BCUT2D eigenvalue weighted by Crippen LogP contribution is 2.27. The normalized spacial score (nSPS) is 16.2. The number of rotatable bonds is 5. The number of para-hydroxylation sites is 3. The average molecular weight is 374 g/mol. The molecule has 1 aliphatic rings. The molecule has 0 unspecified atom stereocenters. The van der Waals surface area contributed by atoms with Gasteiger partial charge in [0.1, 0.15) is 5.75 Å². The summed E-state index contributed by atoms with van der Waals surface area (Å²) >= 11 is 6.29. The van der Waals surface area contributed by atoms with Crippen molar-refractivity contribution in [2.75, 3.05) is 43.5 Å². The quantitative estimate of drug-likeness (QED) is 0.871. The Labute approximate surface area is 159 Å². The number of piperazine rings is 1. The zero-order chi connectivity index (χ0) is 18.5. The minimum Gasteiger partial charge on any atom is -0.495 e. The zero-order valence-electron chi connectivity index (χ0n) is 15.1. The predicted molar refractivity (Wildman–Crippen MR) is 106 cm³/mol. The maximum atomic E-state index is 12.6. The van der Waals surface area contributed by atoms with Gasteiger partial charge in [0.25, 0.3) is 0 Å². The van der Waals surface area contributed by atoms with E-state index in [1.54, 1.807) is 7.11 Å². The maximum Gasteiger partial charge on any atom is 0.241 e. The van der Waals surface area contributed by atoms with E-state index in [0.717, 1.165) is 36.9 Å². The van der Waals surface area contributed by atoms with Gasteiger partial charge in [0.2, 0.25) is 5.91 Å². The Morgan fingerprint density at radius 1 is 1.08 bits per heavy atom. The first-order chi connectivity index (χ1) is 12.6. The SMILES string of the molecule is COc1ccccc1NC(=O)[C@H](C)N1CCN(c2ccccc2Cl)CC1. The van der Waals surface area contributed by atoms with Crippen LogP contribution in [0.4, 0.5) is 11.4 Å². The second-order valence-electron chi connectivity index (χ2n) is 6.34. The Balaban J connectivity index is 1.59. The summed E-state index contributed by atoms with van der Waals surface area (Å²) in [6, 6.07) is 15.1. The first-order valence-corrected chi connectivity index (χ1v) is 9.15. The number of benzene rings is 2. The van der Waals surface area contributed by atoms with Crippen molar-refractivity contribution in [3.63, 3.8) is 0 Å². The molecule has 1 N–H and O–H groups in total. The lowest BCUT2D eigenvalue weighted by Gasteiger charge is -2.38. The molecule has 2 aromatic rings. The Morgan fingerprint density at radius 2 is 1.73 bits per heavy atom. The van der Waals surface area contributed by atoms with Crippen molar-refractivity contribution in [2.24, 2.45) is 0 Å². The Kier molecular flexibility index (Phi) is 6.01. The molecule has 0 bridgehead atoms. The number of nitrogens with zero attached hydrogens (tertiary/aromatic N) is 2. The number of methoxy groups -OCH3 is 1. The first-order valence-electron chi connectivity index (χ1n) is 8.77. The van der Waals surface area contributed by atoms with Crippen LogP contribution in [0.25, 0.3) is 0 Å². The molecular formula is C20H24ClN3O2. The Morgan fingerprint density at radius 3 is 2.42 bits per heavy atom. The molecule has 26 heavy (non-hydrogen) atoms. The van der Waals surface area contributed by atoms with E-state index in [1.165, 1.54) is 0 Å². The summed E-state index contributed by atoms with van der Waals surface area (Å²) in [5.74, 6) is 0.636. The monoisotopic (exact) mass is 373 g/mol. The van der Waals surface area contributed by atoms with Gasteiger partial charge in [-0.2, -0.15) is 0 Å². The maximum absolute atomic E-state index is 12.6. The van der Waals surface area contributed by atoms with E-state index in [-0.39, 0.29) is 11.9 Å². The summed E-state index contributed by atoms with van der Waals surface area (Å²) in [4.78, 5) is 17.1. The van der Waals surface area contributed by atoms with Gasteiger partial charge >= 0.3 is 0 Å². The molecule has 2 aromatic carbocycles. The van der Waals surface area contributed by atoms with Crippen LogP contribution in [-0.2, 0) is 4.79 Å². The lowest BCUT2D eigenvalue weighted by Crippen LogP contribution is -2.52. The molecule has 138 valence electrons. The van der Waals surface area contributed by atoms with Gasteiger partial charge in [0.15, 0.2) is 0 Å². The number of carbonyl (C=O) groups excluding carboxylic acids is 1. The summed E-state index contributed by atoms with van der Waals surface area (Å²) in [6.45, 7) is 5.25. The number of amides is 1. The molecule has 0 aromatic heterocycles. The molecule has 0 aliphatic carbocycles. The molecule has 6 heteroatoms. The van der Waals surface area contributed by atoms with E-state index in [1.807, 2.05) is 55.5 Å². The topological polar surface area (TPSA) is 44.8 Å². The fourth-order valence-electron chi connectivity index (χ4n) is 3.21. The molecule has 0 radical (unpaired) electrons. The van der Waals surface area contributed by atoms with Crippen LogP contribution in [-0.4, -0.2) is 50.1 Å². The van der Waals surface area contributed by atoms with Gasteiger partial charge in [-0.05, 0) is 31.2 Å². The molecule has 1 atom stereocenters. The van der Waals surface area contributed by atoms with Crippen LogP contribution in [0.1, 0.15) is 6.92 Å². The van der Waals surface area contributed by atoms with Gasteiger partial charge in [0, 0.05) is 26.2 Å². The van der Waals surface area contributed by atoms with E-state index in [4.69, 9.17) is 16.3 Å². The fourth-order valence-corrected chi connectivity index (χ4v) is 3.46. The molecule has 0 spiro atoms. The fraction of sp³-hybridized carbons (Fsp3) is 0.350. The van der Waals surface area contributed by atoms with E-state index in [9.17, 15) is 4.79 Å². The van der Waals surface area contributed by atoms with Crippen molar-refractivity contribution in [3.8, 4) is 5.75 Å². The van der Waals surface area contributed by atoms with Gasteiger partial charge in [-0.3, -0.25) is 9.69 Å². The molecule has 1 fully saturated rings. The van der Waals surface area contributed by atoms with Gasteiger partial charge in [0.05, 0.1) is 29.5 Å². The highest BCUT2D eigenvalue weighted by molar-refractivity contribution is 6.33. The molecule has 0 saturated carbocycles. The third-order valence-corrected chi connectivity index (χ3v) is 5.12. The number of hydrogen-bond acceptors (Lipinski definition) is 4. The van der Waals surface area contributed by atoms with Crippen LogP contribution in [0, 0.1) is 0 Å². The molecule has 1 aliphatic heterocycles. The van der Waals surface area contributed by atoms with Gasteiger partial charge in [-0.1, -0.05) is 35.9 Å². The van der Waals surface area contributed by atoms with Crippen molar-refractivity contribution in [1.29, 1.82) is 0 Å². The van der Waals surface area contributed by atoms with Crippen molar-refractivity contribution >= 4 is 28.9 Å². The largest absolute Gasteiger partial charge is 0.495 e. The molecule has 5 nitrogen and oxygen atoms in total. The predicted octanol–water partition coefficient (Wildman–Crippen LogP) is 3.50. The first kappa shape index (κ1) is 18.5. The van der Waals surface area contributed by atoms with Crippen molar-refractivity contribution in [1.82, 2.24) is 4.90 Å². The van der Waals surface area contributed by atoms with E-state index in [0.29, 0.717) is 11.4 Å². The van der Waals surface area contributed by atoms with Gasteiger partial charge < -0.3 is 15.0 Å². The van der Waals surface area contributed by atoms with Crippen LogP contribution in [0.5, 0.6) is 5.75 Å². The summed E-state index contributed by atoms with van der Waals surface area (Å²) in [6.07, 6.45) is 0. The molecule has 3 rings (SSSR count). The van der Waals surface area contributed by atoms with Crippen LogP contribution in [0.15, 0.2) is 48.5 Å². The number of anilines is 2. The van der Waals surface area contributed by atoms with E-state index < -0.39 is 0 Å². The van der Waals surface area contributed by atoms with Crippen LogP contribution in [0.3, 0.4) is 0 Å². The van der Waals surface area contributed by atoms with Gasteiger partial charge in [-0.25, -0.2) is 0 Å². The molecular weight excluding hydrogens is 350 g/mol. The standard InChI is InChI=1S/C20H24ClN3O2/c1-15(20(25)22-17-8-4-6-10-19(17)26-2)23-11-13-24(14-12-23)18-9-5-3-7-16(18)21/h3-10,15H,11-14H2,1-2H3,(H,22,25)/t15-/m0/s1. The lowest BCUT2D eigenvalue weighted by molar-refractivity contribution is -0.120. The number of carbonyl (C=O) groups is 1. The number of nitrogens with one attached hydrogen (secondary N) is 1. The minimum atomic E-state index is -0.215. The summed E-state index contributed by atoms with van der Waals surface area (Å²) in [5, 5.41) is 3.74. The Hall–Kier alpha value is -2.24. The summed E-state index contributed by atoms with van der Waals surface area (Å²) < 4.78 is 5.30. The smallest absolute Gasteiger partial charge is 0.241 e. The number of halogens is 1. The van der Waals surface area contributed by atoms with Crippen molar-refractivity contribution in [2.45, 2.75) is 13.0 Å². The highest BCUT2D eigenvalue weighted by Gasteiger charge is 2.26. The third-order valence-electron chi connectivity index (χ3n) is 4.80. The van der Waals surface area contributed by atoms with Crippen LogP contribution < -0.4 is 15.0 Å². The van der Waals surface area contributed by atoms with Crippen molar-refractivity contribution < 1.29 is 9.53 Å². The Bertz CT molecular complexity index is 760. The zero-order valence-corrected chi connectivity index (χ0v) is 15.9.